The average molecular weight is 467 g/mol. The molecule has 0 radical (unpaired) electrons. The summed E-state index contributed by atoms with van der Waals surface area (Å²) in [5.41, 5.74) is 0.951. The lowest BCUT2D eigenvalue weighted by Gasteiger charge is -2.34. The summed E-state index contributed by atoms with van der Waals surface area (Å²) in [5.74, 6) is 0.590. The summed E-state index contributed by atoms with van der Waals surface area (Å²) in [6, 6.07) is 20.5. The SMILES string of the molecule is COc1ccccc1C(C)N(C)C(=O)C1CCN(S(=O)(=O)c2ccc3ccccc3c2)CC1. The minimum Gasteiger partial charge on any atom is -0.496 e. The van der Waals surface area contributed by atoms with Crippen LogP contribution in [0.25, 0.3) is 10.8 Å². The zero-order chi connectivity index (χ0) is 23.6. The van der Waals surface area contributed by atoms with E-state index in [1.807, 2.05) is 61.5 Å². The number of benzene rings is 3. The molecular formula is C26H30N2O4S. The fraction of sp³-hybridized carbons (Fsp3) is 0.346. The lowest BCUT2D eigenvalue weighted by Crippen LogP contribution is -2.44. The Balaban J connectivity index is 1.43. The van der Waals surface area contributed by atoms with E-state index in [4.69, 9.17) is 4.74 Å². The minimum atomic E-state index is -3.60. The largest absolute Gasteiger partial charge is 0.496 e. The third-order valence-electron chi connectivity index (χ3n) is 6.68. The van der Waals surface area contributed by atoms with Gasteiger partial charge >= 0.3 is 0 Å². The molecule has 1 saturated heterocycles. The van der Waals surface area contributed by atoms with Crippen LogP contribution >= 0.6 is 0 Å². The second-order valence-electron chi connectivity index (χ2n) is 8.55. The Morgan fingerprint density at radius 3 is 2.33 bits per heavy atom. The molecular weight excluding hydrogens is 436 g/mol. The number of fused-ring (bicyclic) bond motifs is 1. The molecule has 7 heteroatoms. The zero-order valence-electron chi connectivity index (χ0n) is 19.3. The van der Waals surface area contributed by atoms with Crippen molar-refractivity contribution in [3.05, 3.63) is 72.3 Å². The van der Waals surface area contributed by atoms with E-state index < -0.39 is 10.0 Å². The number of amides is 1. The van der Waals surface area contributed by atoms with Gasteiger partial charge in [0.2, 0.25) is 15.9 Å². The summed E-state index contributed by atoms with van der Waals surface area (Å²) in [4.78, 5) is 15.2. The summed E-state index contributed by atoms with van der Waals surface area (Å²) < 4.78 is 33.4. The molecule has 1 amide bonds. The molecule has 0 aliphatic carbocycles. The van der Waals surface area contributed by atoms with Crippen molar-refractivity contribution in [2.75, 3.05) is 27.2 Å². The van der Waals surface area contributed by atoms with Gasteiger partial charge in [0.25, 0.3) is 0 Å². The number of carbonyl (C=O) groups excluding carboxylic acids is 1. The van der Waals surface area contributed by atoms with Gasteiger partial charge in [0, 0.05) is 31.6 Å². The smallest absolute Gasteiger partial charge is 0.243 e. The van der Waals surface area contributed by atoms with Crippen molar-refractivity contribution in [3.8, 4) is 5.75 Å². The molecule has 1 heterocycles. The van der Waals surface area contributed by atoms with Crippen LogP contribution in [0.4, 0.5) is 0 Å². The Morgan fingerprint density at radius 2 is 1.64 bits per heavy atom. The van der Waals surface area contributed by atoms with E-state index in [2.05, 4.69) is 0 Å². The molecule has 1 unspecified atom stereocenters. The van der Waals surface area contributed by atoms with E-state index in [0.717, 1.165) is 22.1 Å². The molecule has 6 nitrogen and oxygen atoms in total. The highest BCUT2D eigenvalue weighted by Gasteiger charge is 2.34. The first-order valence-electron chi connectivity index (χ1n) is 11.2. The van der Waals surface area contributed by atoms with Crippen molar-refractivity contribution in [2.24, 2.45) is 5.92 Å². The van der Waals surface area contributed by atoms with E-state index in [-0.39, 0.29) is 17.9 Å². The number of hydrogen-bond donors (Lipinski definition) is 0. The number of methoxy groups -OCH3 is 1. The summed E-state index contributed by atoms with van der Waals surface area (Å²) in [6.07, 6.45) is 1.02. The van der Waals surface area contributed by atoms with Gasteiger partial charge in [0.15, 0.2) is 0 Å². The molecule has 3 aromatic carbocycles. The second-order valence-corrected chi connectivity index (χ2v) is 10.5. The minimum absolute atomic E-state index is 0.0381. The Bertz CT molecular complexity index is 1250. The van der Waals surface area contributed by atoms with Gasteiger partial charge in [0.1, 0.15) is 5.75 Å². The number of hydrogen-bond acceptors (Lipinski definition) is 4. The standard InChI is InChI=1S/C26H30N2O4S/c1-19(24-10-6-7-11-25(24)32-3)27(2)26(29)21-14-16-28(17-15-21)33(30,31)23-13-12-20-8-4-5-9-22(20)18-23/h4-13,18-19,21H,14-17H2,1-3H3. The average Bonchev–Trinajstić information content (AvgIpc) is 2.87. The molecule has 0 saturated carbocycles. The van der Waals surface area contributed by atoms with Gasteiger partial charge in [0.05, 0.1) is 18.0 Å². The predicted molar refractivity (Wildman–Crippen MR) is 130 cm³/mol. The number of piperidine rings is 1. The normalized spacial score (nSPS) is 16.5. The van der Waals surface area contributed by atoms with E-state index in [1.54, 1.807) is 31.2 Å². The van der Waals surface area contributed by atoms with Gasteiger partial charge < -0.3 is 9.64 Å². The monoisotopic (exact) mass is 466 g/mol. The first kappa shape index (κ1) is 23.3. The van der Waals surface area contributed by atoms with Crippen LogP contribution in [0.1, 0.15) is 31.4 Å². The fourth-order valence-electron chi connectivity index (χ4n) is 4.52. The van der Waals surface area contributed by atoms with E-state index in [1.165, 1.54) is 4.31 Å². The highest BCUT2D eigenvalue weighted by Crippen LogP contribution is 2.31. The van der Waals surface area contributed by atoms with Crippen molar-refractivity contribution in [1.82, 2.24) is 9.21 Å². The van der Waals surface area contributed by atoms with Crippen LogP contribution in [0.5, 0.6) is 5.75 Å². The highest BCUT2D eigenvalue weighted by atomic mass is 32.2. The van der Waals surface area contributed by atoms with E-state index >= 15 is 0 Å². The number of nitrogens with zero attached hydrogens (tertiary/aromatic N) is 2. The maximum atomic E-state index is 13.2. The molecule has 0 spiro atoms. The number of sulfonamides is 1. The van der Waals surface area contributed by atoms with Gasteiger partial charge in [-0.3, -0.25) is 4.79 Å². The summed E-state index contributed by atoms with van der Waals surface area (Å²) >= 11 is 0. The Kier molecular flexibility index (Phi) is 6.72. The topological polar surface area (TPSA) is 66.9 Å². The summed E-state index contributed by atoms with van der Waals surface area (Å²) in [5, 5.41) is 1.91. The third-order valence-corrected chi connectivity index (χ3v) is 8.57. The van der Waals surface area contributed by atoms with Gasteiger partial charge in [-0.2, -0.15) is 4.31 Å². The first-order chi connectivity index (χ1) is 15.8. The van der Waals surface area contributed by atoms with Crippen molar-refractivity contribution in [1.29, 1.82) is 0 Å². The van der Waals surface area contributed by atoms with Crippen molar-refractivity contribution >= 4 is 26.7 Å². The van der Waals surface area contributed by atoms with E-state index in [9.17, 15) is 13.2 Å². The van der Waals surface area contributed by atoms with Gasteiger partial charge in [-0.25, -0.2) is 8.42 Å². The molecule has 1 atom stereocenters. The maximum absolute atomic E-state index is 13.2. The molecule has 4 rings (SSSR count). The van der Waals surface area contributed by atoms with Crippen LogP contribution in [0, 0.1) is 5.92 Å². The van der Waals surface area contributed by atoms with Crippen LogP contribution in [0.2, 0.25) is 0 Å². The number of para-hydroxylation sites is 1. The molecule has 174 valence electrons. The first-order valence-corrected chi connectivity index (χ1v) is 12.7. The van der Waals surface area contributed by atoms with Crippen molar-refractivity contribution < 1.29 is 17.9 Å². The molecule has 0 bridgehead atoms. The molecule has 1 aliphatic rings. The maximum Gasteiger partial charge on any atom is 0.243 e. The lowest BCUT2D eigenvalue weighted by atomic mass is 9.95. The van der Waals surface area contributed by atoms with Crippen LogP contribution in [-0.4, -0.2) is 50.8 Å². The van der Waals surface area contributed by atoms with Crippen molar-refractivity contribution in [3.63, 3.8) is 0 Å². The fourth-order valence-corrected chi connectivity index (χ4v) is 6.02. The number of ether oxygens (including phenoxy) is 1. The molecule has 3 aromatic rings. The van der Waals surface area contributed by atoms with Crippen LogP contribution in [0.3, 0.4) is 0 Å². The second kappa shape index (κ2) is 9.53. The van der Waals surface area contributed by atoms with Gasteiger partial charge in [-0.05, 0) is 48.7 Å². The van der Waals surface area contributed by atoms with Gasteiger partial charge in [-0.1, -0.05) is 48.5 Å². The van der Waals surface area contributed by atoms with Crippen molar-refractivity contribution in [2.45, 2.75) is 30.7 Å². The number of rotatable bonds is 6. The molecule has 33 heavy (non-hydrogen) atoms. The van der Waals surface area contributed by atoms with Gasteiger partial charge in [-0.15, -0.1) is 0 Å². The Labute approximate surface area is 195 Å². The molecule has 1 fully saturated rings. The zero-order valence-corrected chi connectivity index (χ0v) is 20.1. The van der Waals surface area contributed by atoms with E-state index in [0.29, 0.717) is 30.8 Å². The number of carbonyl (C=O) groups is 1. The molecule has 1 aliphatic heterocycles. The lowest BCUT2D eigenvalue weighted by molar-refractivity contribution is -0.137. The Morgan fingerprint density at radius 1 is 1.00 bits per heavy atom. The highest BCUT2D eigenvalue weighted by molar-refractivity contribution is 7.89. The molecule has 0 N–H and O–H groups in total. The predicted octanol–water partition coefficient (Wildman–Crippen LogP) is 4.47. The molecule has 0 aromatic heterocycles. The summed E-state index contributed by atoms with van der Waals surface area (Å²) in [6.45, 7) is 2.65. The van der Waals surface area contributed by atoms with Crippen LogP contribution in [0.15, 0.2) is 71.6 Å². The van der Waals surface area contributed by atoms with Crippen LogP contribution < -0.4 is 4.74 Å². The Hall–Kier alpha value is -2.90. The third kappa shape index (κ3) is 4.61. The quantitative estimate of drug-likeness (QED) is 0.538. The van der Waals surface area contributed by atoms with Crippen LogP contribution in [-0.2, 0) is 14.8 Å². The summed E-state index contributed by atoms with van der Waals surface area (Å²) in [7, 11) is -0.172.